The molecule has 2 heterocycles. The summed E-state index contributed by atoms with van der Waals surface area (Å²) in [7, 11) is 0. The Balaban J connectivity index is 1.22. The van der Waals surface area contributed by atoms with Crippen LogP contribution in [0.15, 0.2) is 193 Å². The van der Waals surface area contributed by atoms with Gasteiger partial charge in [-0.15, -0.1) is 0 Å². The number of anilines is 2. The summed E-state index contributed by atoms with van der Waals surface area (Å²) in [6.45, 7) is 0. The van der Waals surface area contributed by atoms with Gasteiger partial charge in [0.15, 0.2) is 0 Å². The molecule has 6 aromatic carbocycles. The van der Waals surface area contributed by atoms with Gasteiger partial charge in [-0.3, -0.25) is 0 Å². The van der Waals surface area contributed by atoms with Crippen LogP contribution in [-0.2, 0) is 5.41 Å². The summed E-state index contributed by atoms with van der Waals surface area (Å²) in [5.74, 6) is 0. The van der Waals surface area contributed by atoms with E-state index in [0.717, 1.165) is 40.9 Å². The Labute approximate surface area is 293 Å². The van der Waals surface area contributed by atoms with Gasteiger partial charge in [0.05, 0.1) is 22.5 Å². The van der Waals surface area contributed by atoms with Crippen molar-refractivity contribution >= 4 is 11.4 Å². The Morgan fingerprint density at radius 1 is 0.440 bits per heavy atom. The molecule has 0 radical (unpaired) electrons. The van der Waals surface area contributed by atoms with E-state index in [-0.39, 0.29) is 0 Å². The van der Waals surface area contributed by atoms with Crippen molar-refractivity contribution in [1.82, 2.24) is 4.98 Å². The molecular weight excluding hydrogens is 605 g/mol. The number of rotatable bonds is 4. The first kappa shape index (κ1) is 28.7. The van der Waals surface area contributed by atoms with E-state index in [1.807, 2.05) is 0 Å². The SMILES string of the molecule is C1=C2C(=CCC1)C1(c3ccccc3-c3cc(-c4cc(-c5ccccc5)cc(-c5ccccc5)n4)ccc31)c1ccccc1N2c1ccccc1. The molecule has 0 N–H and O–H groups in total. The number of allylic oxidation sites excluding steroid dienone is 3. The summed E-state index contributed by atoms with van der Waals surface area (Å²) in [6, 6.07) is 61.7. The van der Waals surface area contributed by atoms with Crippen LogP contribution < -0.4 is 4.90 Å². The third kappa shape index (κ3) is 4.25. The quantitative estimate of drug-likeness (QED) is 0.191. The summed E-state index contributed by atoms with van der Waals surface area (Å²) >= 11 is 0. The fraction of sp³-hybridized carbons (Fsp3) is 0.0625. The zero-order valence-electron chi connectivity index (χ0n) is 27.6. The van der Waals surface area contributed by atoms with Crippen LogP contribution in [-0.4, -0.2) is 4.98 Å². The van der Waals surface area contributed by atoms with Crippen molar-refractivity contribution in [3.63, 3.8) is 0 Å². The molecule has 50 heavy (non-hydrogen) atoms. The summed E-state index contributed by atoms with van der Waals surface area (Å²) in [4.78, 5) is 7.78. The molecule has 1 aromatic heterocycles. The van der Waals surface area contributed by atoms with Gasteiger partial charge in [-0.25, -0.2) is 4.98 Å². The number of fused-ring (bicyclic) bond motifs is 9. The minimum Gasteiger partial charge on any atom is -0.310 e. The number of hydrogen-bond acceptors (Lipinski definition) is 2. The lowest BCUT2D eigenvalue weighted by atomic mass is 9.62. The van der Waals surface area contributed by atoms with Crippen LogP contribution in [0.4, 0.5) is 11.4 Å². The van der Waals surface area contributed by atoms with Crippen LogP contribution in [0.1, 0.15) is 29.5 Å². The fourth-order valence-corrected chi connectivity index (χ4v) is 8.59. The molecule has 7 aromatic rings. The fourth-order valence-electron chi connectivity index (χ4n) is 8.59. The summed E-state index contributed by atoms with van der Waals surface area (Å²) in [5.41, 5.74) is 17.8. The average Bonchev–Trinajstić information content (AvgIpc) is 3.49. The van der Waals surface area contributed by atoms with Crippen molar-refractivity contribution < 1.29 is 0 Å². The van der Waals surface area contributed by atoms with Gasteiger partial charge in [0, 0.05) is 22.5 Å². The monoisotopic (exact) mass is 638 g/mol. The third-order valence-electron chi connectivity index (χ3n) is 10.7. The van der Waals surface area contributed by atoms with E-state index in [1.54, 1.807) is 0 Å². The van der Waals surface area contributed by atoms with Crippen LogP contribution in [0.2, 0.25) is 0 Å². The predicted octanol–water partition coefficient (Wildman–Crippen LogP) is 12.2. The van der Waals surface area contributed by atoms with Gasteiger partial charge in [0.2, 0.25) is 0 Å². The number of nitrogens with zero attached hydrogens (tertiary/aromatic N) is 2. The van der Waals surface area contributed by atoms with Crippen molar-refractivity contribution in [3.8, 4) is 44.8 Å². The van der Waals surface area contributed by atoms with Gasteiger partial charge in [0.1, 0.15) is 0 Å². The molecule has 0 bridgehead atoms. The van der Waals surface area contributed by atoms with E-state index in [4.69, 9.17) is 4.98 Å². The predicted molar refractivity (Wildman–Crippen MR) is 206 cm³/mol. The Hall–Kier alpha value is -6.25. The lowest BCUT2D eigenvalue weighted by Gasteiger charge is -2.48. The second-order valence-electron chi connectivity index (χ2n) is 13.4. The second-order valence-corrected chi connectivity index (χ2v) is 13.4. The summed E-state index contributed by atoms with van der Waals surface area (Å²) in [6.07, 6.45) is 7.03. The van der Waals surface area contributed by atoms with Crippen molar-refractivity contribution in [1.29, 1.82) is 0 Å². The van der Waals surface area contributed by atoms with Gasteiger partial charge in [-0.2, -0.15) is 0 Å². The highest BCUT2D eigenvalue weighted by atomic mass is 15.2. The van der Waals surface area contributed by atoms with Gasteiger partial charge in [0.25, 0.3) is 0 Å². The Morgan fingerprint density at radius 3 is 1.82 bits per heavy atom. The molecule has 2 nitrogen and oxygen atoms in total. The topological polar surface area (TPSA) is 16.1 Å². The normalized spacial score (nSPS) is 16.9. The summed E-state index contributed by atoms with van der Waals surface area (Å²) in [5, 5.41) is 0. The van der Waals surface area contributed by atoms with E-state index in [1.165, 1.54) is 56.0 Å². The van der Waals surface area contributed by atoms with Crippen LogP contribution in [0.25, 0.3) is 44.8 Å². The smallest absolute Gasteiger partial charge is 0.0751 e. The molecular formula is C48H34N2. The number of benzene rings is 6. The molecule has 0 saturated heterocycles. The van der Waals surface area contributed by atoms with Gasteiger partial charge < -0.3 is 4.90 Å². The van der Waals surface area contributed by atoms with Crippen LogP contribution in [0.3, 0.4) is 0 Å². The van der Waals surface area contributed by atoms with Crippen LogP contribution in [0.5, 0.6) is 0 Å². The van der Waals surface area contributed by atoms with E-state index < -0.39 is 5.41 Å². The van der Waals surface area contributed by atoms with Crippen LogP contribution in [0, 0.1) is 0 Å². The van der Waals surface area contributed by atoms with Crippen molar-refractivity contribution in [3.05, 3.63) is 210 Å². The Bertz CT molecular complexity index is 2420. The third-order valence-corrected chi connectivity index (χ3v) is 10.7. The minimum absolute atomic E-state index is 0.424. The Morgan fingerprint density at radius 2 is 1.04 bits per heavy atom. The molecule has 10 rings (SSSR count). The van der Waals surface area contributed by atoms with E-state index >= 15 is 0 Å². The molecule has 0 fully saturated rings. The lowest BCUT2D eigenvalue weighted by molar-refractivity contribution is 0.707. The number of para-hydroxylation sites is 2. The van der Waals surface area contributed by atoms with Crippen LogP contribution >= 0.6 is 0 Å². The van der Waals surface area contributed by atoms with Crippen molar-refractivity contribution in [2.45, 2.75) is 18.3 Å². The highest BCUT2D eigenvalue weighted by Crippen LogP contribution is 2.64. The van der Waals surface area contributed by atoms with E-state index in [9.17, 15) is 0 Å². The molecule has 2 aliphatic carbocycles. The van der Waals surface area contributed by atoms with E-state index in [2.05, 4.69) is 187 Å². The van der Waals surface area contributed by atoms with Gasteiger partial charge in [-0.05, 0) is 93.8 Å². The average molecular weight is 639 g/mol. The highest BCUT2D eigenvalue weighted by Gasteiger charge is 2.53. The number of hydrogen-bond donors (Lipinski definition) is 0. The minimum atomic E-state index is -0.424. The van der Waals surface area contributed by atoms with E-state index in [0.29, 0.717) is 0 Å². The Kier molecular flexibility index (Phi) is 6.57. The lowest BCUT2D eigenvalue weighted by Crippen LogP contribution is -2.40. The first-order valence-electron chi connectivity index (χ1n) is 17.5. The van der Waals surface area contributed by atoms with Crippen molar-refractivity contribution in [2.75, 3.05) is 4.90 Å². The molecule has 1 atom stereocenters. The zero-order valence-corrected chi connectivity index (χ0v) is 27.6. The van der Waals surface area contributed by atoms with Gasteiger partial charge in [-0.1, -0.05) is 146 Å². The standard InChI is InChI=1S/C48H34N2/c1-4-16-33(17-5-1)36-31-44(34-18-6-2-7-19-34)49-45(32-36)35-28-29-41-39(30-35)38-22-10-11-23-40(38)48(41)42-24-12-14-26-46(42)50(37-20-8-3-9-21-37)47-27-15-13-25-43(47)48/h1-12,14,16-32H,13,15H2. The molecule has 1 unspecified atom stereocenters. The maximum atomic E-state index is 5.30. The largest absolute Gasteiger partial charge is 0.310 e. The van der Waals surface area contributed by atoms with Crippen molar-refractivity contribution in [2.24, 2.45) is 0 Å². The molecule has 2 heteroatoms. The zero-order chi connectivity index (χ0) is 33.1. The molecule has 236 valence electrons. The summed E-state index contributed by atoms with van der Waals surface area (Å²) < 4.78 is 0. The highest BCUT2D eigenvalue weighted by molar-refractivity contribution is 5.95. The second kappa shape index (κ2) is 11.4. The first-order valence-corrected chi connectivity index (χ1v) is 17.5. The molecule has 0 saturated carbocycles. The first-order chi connectivity index (χ1) is 24.8. The van der Waals surface area contributed by atoms with Gasteiger partial charge >= 0.3 is 0 Å². The molecule has 0 amide bonds. The maximum Gasteiger partial charge on any atom is 0.0751 e. The number of aromatic nitrogens is 1. The maximum absolute atomic E-state index is 5.30. The number of pyridine rings is 1. The molecule has 1 spiro atoms. The molecule has 1 aliphatic heterocycles. The molecule has 3 aliphatic rings.